The fourth-order valence-corrected chi connectivity index (χ4v) is 2.97. The Morgan fingerprint density at radius 3 is 2.47 bits per heavy atom. The maximum absolute atomic E-state index is 12.2. The number of carbonyl (C=O) groups is 2. The molecule has 0 bridgehead atoms. The fourth-order valence-electron chi connectivity index (χ4n) is 2.51. The number of nitrogens with zero attached hydrogens (tertiary/aromatic N) is 1. The van der Waals surface area contributed by atoms with Crippen LogP contribution in [0.4, 0.5) is 0 Å². The van der Waals surface area contributed by atoms with Gasteiger partial charge >= 0.3 is 11.9 Å². The molecule has 0 aliphatic heterocycles. The molecule has 0 heterocycles. The molecule has 0 aromatic heterocycles. The molecular weight excluding hydrogens is 429 g/mol. The minimum Gasteiger partial charge on any atom is -0.493 e. The smallest absolute Gasteiger partial charge is 0.336 e. The molecule has 0 aliphatic carbocycles. The molecule has 6 nitrogen and oxygen atoms in total. The summed E-state index contributed by atoms with van der Waals surface area (Å²) in [5.74, 6) is -1.58. The average Bonchev–Trinajstić information content (AvgIpc) is 2.67. The van der Waals surface area contributed by atoms with E-state index < -0.39 is 18.0 Å². The minimum absolute atomic E-state index is 0.0516. The lowest BCUT2D eigenvalue weighted by atomic mass is 10.1. The van der Waals surface area contributed by atoms with E-state index in [1.807, 2.05) is 0 Å². The summed E-state index contributed by atoms with van der Waals surface area (Å²) in [5.41, 5.74) is 1.25. The lowest BCUT2D eigenvalue weighted by Gasteiger charge is -2.12. The minimum atomic E-state index is -1.02. The topological polar surface area (TPSA) is 85.2 Å². The molecule has 0 aliphatic rings. The van der Waals surface area contributed by atoms with Crippen LogP contribution in [0.15, 0.2) is 47.5 Å². The first-order valence-electron chi connectivity index (χ1n) is 9.00. The average molecular weight is 450 g/mol. The summed E-state index contributed by atoms with van der Waals surface area (Å²) >= 11 is 12.2. The van der Waals surface area contributed by atoms with Gasteiger partial charge in [0, 0.05) is 17.3 Å². The second-order valence-electron chi connectivity index (χ2n) is 6.65. The molecule has 0 spiro atoms. The summed E-state index contributed by atoms with van der Waals surface area (Å²) in [6, 6.07) is 9.17. The highest BCUT2D eigenvalue weighted by atomic mass is 35.5. The maximum atomic E-state index is 12.2. The molecule has 30 heavy (non-hydrogen) atoms. The van der Waals surface area contributed by atoms with E-state index in [1.165, 1.54) is 25.5 Å². The van der Waals surface area contributed by atoms with Gasteiger partial charge in [0.25, 0.3) is 0 Å². The number of ether oxygens (including phenoxy) is 2. The van der Waals surface area contributed by atoms with Gasteiger partial charge < -0.3 is 14.6 Å². The number of aliphatic carboxylic acids is 1. The summed E-state index contributed by atoms with van der Waals surface area (Å²) in [6.45, 7) is 3.53. The third-order valence-electron chi connectivity index (χ3n) is 3.98. The second-order valence-corrected chi connectivity index (χ2v) is 7.49. The predicted molar refractivity (Wildman–Crippen MR) is 118 cm³/mol. The van der Waals surface area contributed by atoms with Crippen LogP contribution in [0.5, 0.6) is 11.5 Å². The summed E-state index contributed by atoms with van der Waals surface area (Å²) in [5, 5.41) is 9.91. The molecule has 158 valence electrons. The Morgan fingerprint density at radius 2 is 1.87 bits per heavy atom. The van der Waals surface area contributed by atoms with Gasteiger partial charge in [0.2, 0.25) is 0 Å². The molecule has 1 atom stereocenters. The monoisotopic (exact) mass is 449 g/mol. The number of carbonyl (C=O) groups excluding carboxylic acids is 1. The highest BCUT2D eigenvalue weighted by Gasteiger charge is 2.20. The number of halogens is 2. The van der Waals surface area contributed by atoms with Gasteiger partial charge in [-0.05, 0) is 47.4 Å². The summed E-state index contributed by atoms with van der Waals surface area (Å²) < 4.78 is 10.6. The Hall–Kier alpha value is -2.83. The van der Waals surface area contributed by atoms with Gasteiger partial charge in [-0.2, -0.15) is 0 Å². The van der Waals surface area contributed by atoms with Crippen LogP contribution in [-0.4, -0.2) is 36.4 Å². The molecule has 0 fully saturated rings. The largest absolute Gasteiger partial charge is 0.493 e. The van der Waals surface area contributed by atoms with Crippen molar-refractivity contribution in [1.29, 1.82) is 0 Å². The molecule has 0 saturated heterocycles. The predicted octanol–water partition coefficient (Wildman–Crippen LogP) is 5.15. The van der Waals surface area contributed by atoms with Crippen LogP contribution in [0.25, 0.3) is 6.08 Å². The van der Waals surface area contributed by atoms with Crippen molar-refractivity contribution in [3.8, 4) is 11.5 Å². The van der Waals surface area contributed by atoms with E-state index in [0.717, 1.165) is 5.56 Å². The van der Waals surface area contributed by atoms with Crippen molar-refractivity contribution in [2.24, 2.45) is 10.9 Å². The van der Waals surface area contributed by atoms with Crippen molar-refractivity contribution < 1.29 is 24.2 Å². The summed E-state index contributed by atoms with van der Waals surface area (Å²) in [6.07, 6.45) is 4.21. The number of rotatable bonds is 8. The summed E-state index contributed by atoms with van der Waals surface area (Å²) in [4.78, 5) is 27.6. The Bertz CT molecular complexity index is 985. The first-order valence-corrected chi connectivity index (χ1v) is 9.75. The van der Waals surface area contributed by atoms with Crippen molar-refractivity contribution in [2.45, 2.75) is 19.9 Å². The van der Waals surface area contributed by atoms with Crippen LogP contribution in [-0.2, 0) is 9.59 Å². The first kappa shape index (κ1) is 23.4. The Balaban J connectivity index is 2.21. The van der Waals surface area contributed by atoms with Crippen LogP contribution in [0.1, 0.15) is 25.0 Å². The Morgan fingerprint density at radius 1 is 1.13 bits per heavy atom. The quantitative estimate of drug-likeness (QED) is 0.260. The zero-order chi connectivity index (χ0) is 22.3. The number of methoxy groups -OCH3 is 1. The highest BCUT2D eigenvalue weighted by Crippen LogP contribution is 2.36. The third kappa shape index (κ3) is 6.61. The van der Waals surface area contributed by atoms with Gasteiger partial charge in [0.15, 0.2) is 11.5 Å². The second kappa shape index (κ2) is 10.8. The van der Waals surface area contributed by atoms with E-state index in [2.05, 4.69) is 4.99 Å². The SMILES string of the molecule is COc1cc(C=NC(C(=O)O)C(C)C)cc(Cl)c1OC(=O)/C=C/c1cccc(Cl)c1. The van der Waals surface area contributed by atoms with Crippen molar-refractivity contribution in [1.82, 2.24) is 0 Å². The standard InChI is InChI=1S/C22H21Cl2NO5/c1-13(2)20(22(27)28)25-12-15-10-17(24)21(18(11-15)29-3)30-19(26)8-7-14-5-4-6-16(23)9-14/h4-13,20H,1-3H3,(H,27,28)/b8-7+,25-12?. The summed E-state index contributed by atoms with van der Waals surface area (Å²) in [7, 11) is 1.40. The molecule has 2 rings (SSSR count). The number of benzene rings is 2. The normalized spacial score (nSPS) is 12.5. The highest BCUT2D eigenvalue weighted by molar-refractivity contribution is 6.32. The van der Waals surface area contributed by atoms with Crippen LogP contribution >= 0.6 is 23.2 Å². The van der Waals surface area contributed by atoms with Gasteiger partial charge in [-0.1, -0.05) is 49.2 Å². The van der Waals surface area contributed by atoms with Crippen molar-refractivity contribution >= 4 is 47.4 Å². The number of hydrogen-bond donors (Lipinski definition) is 1. The van der Waals surface area contributed by atoms with Crippen LogP contribution in [0, 0.1) is 5.92 Å². The van der Waals surface area contributed by atoms with Crippen molar-refractivity contribution in [3.63, 3.8) is 0 Å². The number of hydrogen-bond acceptors (Lipinski definition) is 5. The number of aliphatic imine (C=N–C) groups is 1. The van der Waals surface area contributed by atoms with Crippen molar-refractivity contribution in [3.05, 3.63) is 63.6 Å². The molecule has 2 aromatic rings. The third-order valence-corrected chi connectivity index (χ3v) is 4.50. The lowest BCUT2D eigenvalue weighted by Crippen LogP contribution is -2.24. The van der Waals surface area contributed by atoms with E-state index in [9.17, 15) is 14.7 Å². The number of carboxylic acids is 1. The van der Waals surface area contributed by atoms with Gasteiger partial charge in [-0.25, -0.2) is 9.59 Å². The molecule has 0 saturated carbocycles. The van der Waals surface area contributed by atoms with E-state index in [4.69, 9.17) is 32.7 Å². The van der Waals surface area contributed by atoms with E-state index in [-0.39, 0.29) is 22.4 Å². The van der Waals surface area contributed by atoms with E-state index in [1.54, 1.807) is 50.3 Å². The van der Waals surface area contributed by atoms with E-state index >= 15 is 0 Å². The van der Waals surface area contributed by atoms with Gasteiger partial charge in [-0.15, -0.1) is 0 Å². The zero-order valence-corrected chi connectivity index (χ0v) is 18.1. The Labute approximate surface area is 184 Å². The van der Waals surface area contributed by atoms with Gasteiger partial charge in [0.1, 0.15) is 6.04 Å². The number of carboxylic acid groups (broad SMARTS) is 1. The fraction of sp³-hybridized carbons (Fsp3) is 0.227. The molecule has 2 aromatic carbocycles. The van der Waals surface area contributed by atoms with Crippen LogP contribution in [0.2, 0.25) is 10.0 Å². The van der Waals surface area contributed by atoms with Crippen molar-refractivity contribution in [2.75, 3.05) is 7.11 Å². The van der Waals surface area contributed by atoms with Crippen LogP contribution < -0.4 is 9.47 Å². The molecule has 0 radical (unpaired) electrons. The molecule has 8 heteroatoms. The molecule has 1 unspecified atom stereocenters. The molecule has 1 N–H and O–H groups in total. The van der Waals surface area contributed by atoms with Gasteiger partial charge in [0.05, 0.1) is 12.1 Å². The zero-order valence-electron chi connectivity index (χ0n) is 16.6. The van der Waals surface area contributed by atoms with Gasteiger partial charge in [-0.3, -0.25) is 4.99 Å². The van der Waals surface area contributed by atoms with E-state index in [0.29, 0.717) is 10.6 Å². The molecular formula is C22H21Cl2NO5. The first-order chi connectivity index (χ1) is 14.2. The van der Waals surface area contributed by atoms with Crippen LogP contribution in [0.3, 0.4) is 0 Å². The maximum Gasteiger partial charge on any atom is 0.336 e. The number of esters is 1. The Kier molecular flexibility index (Phi) is 8.45. The lowest BCUT2D eigenvalue weighted by molar-refractivity contribution is -0.139. The molecule has 0 amide bonds.